The number of anilines is 1. The molecule has 0 bridgehead atoms. The van der Waals surface area contributed by atoms with Crippen LogP contribution in [0.15, 0.2) is 45.7 Å². The number of nitrogens with one attached hydrogen (secondary N) is 1. The molecule has 0 aliphatic carbocycles. The van der Waals surface area contributed by atoms with Crippen LogP contribution < -0.4 is 10.5 Å². The Bertz CT molecular complexity index is 1360. The van der Waals surface area contributed by atoms with Crippen molar-refractivity contribution in [2.75, 3.05) is 31.1 Å². The number of alkyl halides is 3. The fourth-order valence-corrected chi connectivity index (χ4v) is 4.16. The summed E-state index contributed by atoms with van der Waals surface area (Å²) in [6.07, 6.45) is -3.69. The summed E-state index contributed by atoms with van der Waals surface area (Å²) < 4.78 is 44.1. The molecule has 7 nitrogen and oxygen atoms in total. The lowest BCUT2D eigenvalue weighted by molar-refractivity contribution is -0.137. The molecule has 166 valence electrons. The summed E-state index contributed by atoms with van der Waals surface area (Å²) in [6, 6.07) is 8.23. The second kappa shape index (κ2) is 7.79. The number of pyridine rings is 1. The van der Waals surface area contributed by atoms with Crippen molar-refractivity contribution in [3.63, 3.8) is 0 Å². The van der Waals surface area contributed by atoms with Gasteiger partial charge in [0.2, 0.25) is 5.58 Å². The molecule has 0 amide bonds. The molecule has 4 aromatic rings. The smallest absolute Gasteiger partial charge is 0.417 e. The summed E-state index contributed by atoms with van der Waals surface area (Å²) in [5, 5.41) is 0.749. The third-order valence-corrected chi connectivity index (χ3v) is 5.75. The van der Waals surface area contributed by atoms with Gasteiger partial charge in [0.05, 0.1) is 17.1 Å². The van der Waals surface area contributed by atoms with E-state index < -0.39 is 11.7 Å². The second-order valence-electron chi connectivity index (χ2n) is 7.58. The Morgan fingerprint density at radius 3 is 2.62 bits per heavy atom. The zero-order valence-electron chi connectivity index (χ0n) is 16.6. The maximum Gasteiger partial charge on any atom is 0.417 e. The maximum absolute atomic E-state index is 12.8. The van der Waals surface area contributed by atoms with Gasteiger partial charge in [-0.3, -0.25) is 9.69 Å². The molecule has 11 heteroatoms. The maximum atomic E-state index is 12.8. The number of benzene rings is 1. The number of rotatable bonds is 3. The molecule has 1 aromatic carbocycles. The van der Waals surface area contributed by atoms with E-state index in [1.807, 2.05) is 23.1 Å². The number of fused-ring (bicyclic) bond motifs is 3. The number of piperazine rings is 1. The second-order valence-corrected chi connectivity index (χ2v) is 7.99. The molecular weight excluding hydrogens is 447 g/mol. The summed E-state index contributed by atoms with van der Waals surface area (Å²) >= 11 is 6.07. The van der Waals surface area contributed by atoms with Gasteiger partial charge in [0.25, 0.3) is 5.56 Å². The Balaban J connectivity index is 1.31. The molecule has 1 aliphatic heterocycles. The zero-order valence-corrected chi connectivity index (χ0v) is 17.4. The van der Waals surface area contributed by atoms with Crippen LogP contribution in [0.5, 0.6) is 0 Å². The molecule has 3 aromatic heterocycles. The molecule has 0 spiro atoms. The lowest BCUT2D eigenvalue weighted by Gasteiger charge is -2.35. The van der Waals surface area contributed by atoms with E-state index in [-0.39, 0.29) is 16.2 Å². The lowest BCUT2D eigenvalue weighted by atomic mass is 10.2. The first kappa shape index (κ1) is 20.8. The summed E-state index contributed by atoms with van der Waals surface area (Å²) in [6.45, 7) is 2.69. The molecule has 1 N–H and O–H groups in total. The number of para-hydroxylation sites is 1. The van der Waals surface area contributed by atoms with Gasteiger partial charge < -0.3 is 14.3 Å². The first-order valence-corrected chi connectivity index (χ1v) is 10.3. The van der Waals surface area contributed by atoms with Crippen molar-refractivity contribution in [2.24, 2.45) is 0 Å². The van der Waals surface area contributed by atoms with Gasteiger partial charge in [0.15, 0.2) is 0 Å². The van der Waals surface area contributed by atoms with E-state index in [0.29, 0.717) is 55.5 Å². The molecule has 0 atom stereocenters. The Morgan fingerprint density at radius 1 is 1.16 bits per heavy atom. The fraction of sp³-hybridized carbons (Fsp3) is 0.286. The average Bonchev–Trinajstić information content (AvgIpc) is 3.13. The first-order valence-electron chi connectivity index (χ1n) is 9.90. The molecule has 1 fully saturated rings. The minimum atomic E-state index is -4.49. The lowest BCUT2D eigenvalue weighted by Crippen LogP contribution is -2.46. The third-order valence-electron chi connectivity index (χ3n) is 5.47. The molecule has 1 saturated heterocycles. The summed E-state index contributed by atoms with van der Waals surface area (Å²) in [5.41, 5.74) is 0.122. The van der Waals surface area contributed by atoms with E-state index in [0.717, 1.165) is 17.6 Å². The molecule has 32 heavy (non-hydrogen) atoms. The van der Waals surface area contributed by atoms with Crippen LogP contribution in [0, 0.1) is 0 Å². The molecule has 0 saturated carbocycles. The number of hydrogen-bond acceptors (Lipinski definition) is 6. The highest BCUT2D eigenvalue weighted by Crippen LogP contribution is 2.33. The Hall–Kier alpha value is -3.11. The van der Waals surface area contributed by atoms with Gasteiger partial charge in [0.1, 0.15) is 22.7 Å². The van der Waals surface area contributed by atoms with Gasteiger partial charge in [0, 0.05) is 37.8 Å². The van der Waals surface area contributed by atoms with Crippen LogP contribution in [-0.4, -0.2) is 46.0 Å². The van der Waals surface area contributed by atoms with Crippen molar-refractivity contribution < 1.29 is 17.6 Å². The predicted octanol–water partition coefficient (Wildman–Crippen LogP) is 4.06. The normalized spacial score (nSPS) is 15.7. The van der Waals surface area contributed by atoms with Crippen LogP contribution in [-0.2, 0) is 12.7 Å². The fourth-order valence-electron chi connectivity index (χ4n) is 3.87. The number of aromatic nitrogens is 3. The number of hydrogen-bond donors (Lipinski definition) is 1. The largest absolute Gasteiger partial charge is 0.449 e. The van der Waals surface area contributed by atoms with Crippen LogP contribution in [0.1, 0.15) is 11.4 Å². The topological polar surface area (TPSA) is 78.3 Å². The SMILES string of the molecule is O=c1[nH]c(CN2CCN(c3ncc(C(F)(F)F)cc3Cl)CC2)nc2c1oc1ccccc12. The molecule has 0 radical (unpaired) electrons. The monoisotopic (exact) mass is 463 g/mol. The van der Waals surface area contributed by atoms with E-state index in [1.54, 1.807) is 6.07 Å². The minimum Gasteiger partial charge on any atom is -0.449 e. The van der Waals surface area contributed by atoms with Gasteiger partial charge >= 0.3 is 6.18 Å². The van der Waals surface area contributed by atoms with Crippen molar-refractivity contribution in [3.8, 4) is 0 Å². The highest BCUT2D eigenvalue weighted by molar-refractivity contribution is 6.33. The summed E-state index contributed by atoms with van der Waals surface area (Å²) in [5.74, 6) is 0.852. The molecule has 5 rings (SSSR count). The number of nitrogens with zero attached hydrogens (tertiary/aromatic N) is 4. The number of furan rings is 1. The van der Waals surface area contributed by atoms with Crippen LogP contribution in [0.2, 0.25) is 5.02 Å². The van der Waals surface area contributed by atoms with Gasteiger partial charge in [-0.1, -0.05) is 23.7 Å². The van der Waals surface area contributed by atoms with E-state index in [2.05, 4.69) is 19.9 Å². The van der Waals surface area contributed by atoms with Crippen molar-refractivity contribution in [3.05, 3.63) is 63.3 Å². The van der Waals surface area contributed by atoms with Crippen LogP contribution >= 0.6 is 11.6 Å². The minimum absolute atomic E-state index is 0.0310. The first-order chi connectivity index (χ1) is 15.3. The van der Waals surface area contributed by atoms with Gasteiger partial charge in [-0.25, -0.2) is 9.97 Å². The standard InChI is InChI=1S/C21H17ClF3N5O2/c22-14-9-12(21(23,24)25)10-26-19(14)30-7-5-29(6-8-30)11-16-27-17-13-3-1-2-4-15(13)32-18(17)20(31)28-16/h1-4,9-10H,5-8,11H2,(H,27,28,31). The van der Waals surface area contributed by atoms with Crippen LogP contribution in [0.4, 0.5) is 19.0 Å². The van der Waals surface area contributed by atoms with Crippen molar-refractivity contribution in [2.45, 2.75) is 12.7 Å². The molecule has 4 heterocycles. The molecular formula is C21H17ClF3N5O2. The van der Waals surface area contributed by atoms with Crippen LogP contribution in [0.25, 0.3) is 22.1 Å². The number of halogens is 4. The Kier molecular flexibility index (Phi) is 5.06. The highest BCUT2D eigenvalue weighted by atomic mass is 35.5. The van der Waals surface area contributed by atoms with E-state index in [4.69, 9.17) is 16.0 Å². The van der Waals surface area contributed by atoms with Gasteiger partial charge in [-0.2, -0.15) is 13.2 Å². The number of aromatic amines is 1. The van der Waals surface area contributed by atoms with E-state index in [9.17, 15) is 18.0 Å². The number of H-pyrrole nitrogens is 1. The Morgan fingerprint density at radius 2 is 1.91 bits per heavy atom. The highest BCUT2D eigenvalue weighted by Gasteiger charge is 2.32. The van der Waals surface area contributed by atoms with Gasteiger partial charge in [-0.05, 0) is 18.2 Å². The molecule has 0 unspecified atom stereocenters. The zero-order chi connectivity index (χ0) is 22.5. The van der Waals surface area contributed by atoms with E-state index in [1.165, 1.54) is 0 Å². The third kappa shape index (κ3) is 3.80. The Labute approximate surface area is 184 Å². The van der Waals surface area contributed by atoms with Gasteiger partial charge in [-0.15, -0.1) is 0 Å². The quantitative estimate of drug-likeness (QED) is 0.493. The van der Waals surface area contributed by atoms with E-state index >= 15 is 0 Å². The molecule has 1 aliphatic rings. The van der Waals surface area contributed by atoms with Crippen molar-refractivity contribution in [1.82, 2.24) is 19.9 Å². The van der Waals surface area contributed by atoms with Crippen LogP contribution in [0.3, 0.4) is 0 Å². The average molecular weight is 464 g/mol. The van der Waals surface area contributed by atoms with Crippen molar-refractivity contribution in [1.29, 1.82) is 0 Å². The van der Waals surface area contributed by atoms with Crippen molar-refractivity contribution >= 4 is 39.5 Å². The predicted molar refractivity (Wildman–Crippen MR) is 114 cm³/mol. The summed E-state index contributed by atoms with van der Waals surface area (Å²) in [4.78, 5) is 27.7. The summed E-state index contributed by atoms with van der Waals surface area (Å²) in [7, 11) is 0.